The van der Waals surface area contributed by atoms with E-state index in [9.17, 15) is 0 Å². The highest BCUT2D eigenvalue weighted by Gasteiger charge is 2.37. The van der Waals surface area contributed by atoms with E-state index in [2.05, 4.69) is 50.4 Å². The maximum atomic E-state index is 4.29. The van der Waals surface area contributed by atoms with Crippen LogP contribution in [0.2, 0.25) is 0 Å². The minimum atomic E-state index is 0.198. The zero-order valence-corrected chi connectivity index (χ0v) is 10.6. The smallest absolute Gasteiger partial charge is 0.0222 e. The van der Waals surface area contributed by atoms with E-state index in [-0.39, 0.29) is 5.41 Å². The molecule has 1 heteroatoms. The minimum absolute atomic E-state index is 0.198. The van der Waals surface area contributed by atoms with Crippen molar-refractivity contribution in [3.8, 4) is 0 Å². The second kappa shape index (κ2) is 4.21. The molecule has 0 N–H and O–H groups in total. The molecule has 2 rings (SSSR count). The zero-order valence-electron chi connectivity index (χ0n) is 9.75. The van der Waals surface area contributed by atoms with E-state index in [0.29, 0.717) is 0 Å². The third kappa shape index (κ3) is 1.94. The molecule has 0 aromatic carbocycles. The molecular weight excluding hydrogens is 200 g/mol. The first-order valence-electron chi connectivity index (χ1n) is 5.82. The Labute approximate surface area is 97.5 Å². The first-order chi connectivity index (χ1) is 7.14. The molecule has 0 spiro atoms. The Bertz CT molecular complexity index is 318. The summed E-state index contributed by atoms with van der Waals surface area (Å²) in [6.07, 6.45) is 10.9. The molecule has 0 aromatic heterocycles. The fraction of sp³-hybridized carbons (Fsp3) is 0.571. The zero-order chi connectivity index (χ0) is 10.9. The maximum absolute atomic E-state index is 4.29. The minimum Gasteiger partial charge on any atom is -0.157 e. The van der Waals surface area contributed by atoms with Gasteiger partial charge in [0.25, 0.3) is 0 Å². The van der Waals surface area contributed by atoms with Gasteiger partial charge in [-0.15, -0.1) is 0 Å². The van der Waals surface area contributed by atoms with Crippen molar-refractivity contribution >= 4 is 11.8 Å². The lowest BCUT2D eigenvalue weighted by molar-refractivity contribution is 0.450. The Morgan fingerprint density at radius 3 is 2.93 bits per heavy atom. The molecule has 0 nitrogen and oxygen atoms in total. The molecule has 1 aliphatic carbocycles. The molecule has 0 saturated carbocycles. The van der Waals surface area contributed by atoms with Gasteiger partial charge in [-0.25, -0.2) is 0 Å². The van der Waals surface area contributed by atoms with Crippen LogP contribution in [-0.2, 0) is 0 Å². The molecular formula is C14H20S. The van der Waals surface area contributed by atoms with E-state index in [1.165, 1.54) is 36.2 Å². The third-order valence-electron chi connectivity index (χ3n) is 3.76. The summed E-state index contributed by atoms with van der Waals surface area (Å²) < 4.78 is 0. The van der Waals surface area contributed by atoms with Crippen LogP contribution in [0.3, 0.4) is 0 Å². The van der Waals surface area contributed by atoms with Crippen LogP contribution < -0.4 is 0 Å². The fourth-order valence-electron chi connectivity index (χ4n) is 2.53. The molecule has 0 radical (unpaired) electrons. The van der Waals surface area contributed by atoms with Crippen LogP contribution in [0.25, 0.3) is 0 Å². The molecule has 2 aliphatic rings. The lowest BCUT2D eigenvalue weighted by Crippen LogP contribution is -2.33. The fourth-order valence-corrected chi connectivity index (χ4v) is 4.09. The summed E-state index contributed by atoms with van der Waals surface area (Å²) in [6.45, 7) is 8.82. The number of rotatable bonds is 1. The molecule has 2 atom stereocenters. The Morgan fingerprint density at radius 1 is 1.47 bits per heavy atom. The highest BCUT2D eigenvalue weighted by molar-refractivity contribution is 8.00. The summed E-state index contributed by atoms with van der Waals surface area (Å²) in [6, 6.07) is 0. The van der Waals surface area contributed by atoms with Gasteiger partial charge < -0.3 is 0 Å². The van der Waals surface area contributed by atoms with E-state index in [0.717, 1.165) is 5.25 Å². The van der Waals surface area contributed by atoms with Gasteiger partial charge in [0.15, 0.2) is 0 Å². The van der Waals surface area contributed by atoms with Crippen LogP contribution >= 0.6 is 11.8 Å². The number of thioether (sulfide) groups is 1. The summed E-state index contributed by atoms with van der Waals surface area (Å²) in [5.41, 5.74) is 2.87. The van der Waals surface area contributed by atoms with Gasteiger partial charge in [-0.2, -0.15) is 11.8 Å². The van der Waals surface area contributed by atoms with Gasteiger partial charge in [-0.3, -0.25) is 0 Å². The van der Waals surface area contributed by atoms with E-state index < -0.39 is 0 Å². The molecule has 0 amide bonds. The summed E-state index contributed by atoms with van der Waals surface area (Å²) in [5, 5.41) is 0.735. The number of hydrogen-bond donors (Lipinski definition) is 0. The van der Waals surface area contributed by atoms with Gasteiger partial charge in [0.1, 0.15) is 0 Å². The third-order valence-corrected chi connectivity index (χ3v) is 5.42. The van der Waals surface area contributed by atoms with Gasteiger partial charge in [-0.1, -0.05) is 38.2 Å². The van der Waals surface area contributed by atoms with Crippen molar-refractivity contribution in [2.75, 3.05) is 5.75 Å². The van der Waals surface area contributed by atoms with E-state index >= 15 is 0 Å². The van der Waals surface area contributed by atoms with Crippen LogP contribution in [-0.4, -0.2) is 11.0 Å². The van der Waals surface area contributed by atoms with Crippen LogP contribution in [0, 0.1) is 5.41 Å². The average molecular weight is 220 g/mol. The van der Waals surface area contributed by atoms with E-state index in [1.54, 1.807) is 0 Å². The normalized spacial score (nSPS) is 36.5. The van der Waals surface area contributed by atoms with Crippen molar-refractivity contribution in [2.45, 2.75) is 38.4 Å². The SMILES string of the molecule is C=C1C(C)=CC=C[C@]1(C)[C@@H]1CCCCS1. The number of allylic oxidation sites excluding steroid dienone is 5. The monoisotopic (exact) mass is 220 g/mol. The highest BCUT2D eigenvalue weighted by atomic mass is 32.2. The summed E-state index contributed by atoms with van der Waals surface area (Å²) in [4.78, 5) is 0. The van der Waals surface area contributed by atoms with Crippen molar-refractivity contribution in [3.63, 3.8) is 0 Å². The molecule has 1 aliphatic heterocycles. The van der Waals surface area contributed by atoms with Crippen molar-refractivity contribution in [1.29, 1.82) is 0 Å². The average Bonchev–Trinajstić information content (AvgIpc) is 2.27. The highest BCUT2D eigenvalue weighted by Crippen LogP contribution is 2.47. The van der Waals surface area contributed by atoms with Crippen LogP contribution in [0.4, 0.5) is 0 Å². The van der Waals surface area contributed by atoms with Crippen LogP contribution in [0.15, 0.2) is 36.0 Å². The first-order valence-corrected chi connectivity index (χ1v) is 6.87. The molecule has 1 heterocycles. The molecule has 1 saturated heterocycles. The predicted octanol–water partition coefficient (Wildman–Crippen LogP) is 4.35. The standard InChI is InChI=1S/C14H20S/c1-11-7-6-9-14(3,12(11)2)13-8-4-5-10-15-13/h6-7,9,13H,2,4-5,8,10H2,1,3H3/t13-,14-/m0/s1. The molecule has 1 fully saturated rings. The van der Waals surface area contributed by atoms with Crippen molar-refractivity contribution in [2.24, 2.45) is 5.41 Å². The molecule has 82 valence electrons. The first kappa shape index (κ1) is 11.1. The molecule has 0 bridgehead atoms. The summed E-state index contributed by atoms with van der Waals surface area (Å²) >= 11 is 2.14. The van der Waals surface area contributed by atoms with E-state index in [1.807, 2.05) is 0 Å². The topological polar surface area (TPSA) is 0 Å². The van der Waals surface area contributed by atoms with Crippen molar-refractivity contribution in [3.05, 3.63) is 36.0 Å². The lowest BCUT2D eigenvalue weighted by atomic mass is 9.72. The van der Waals surface area contributed by atoms with Gasteiger partial charge in [-0.05, 0) is 36.7 Å². The van der Waals surface area contributed by atoms with Gasteiger partial charge >= 0.3 is 0 Å². The Kier molecular flexibility index (Phi) is 3.11. The predicted molar refractivity (Wildman–Crippen MR) is 70.2 cm³/mol. The summed E-state index contributed by atoms with van der Waals surface area (Å²) in [7, 11) is 0. The number of hydrogen-bond acceptors (Lipinski definition) is 1. The van der Waals surface area contributed by atoms with Crippen LogP contribution in [0.1, 0.15) is 33.1 Å². The van der Waals surface area contributed by atoms with Crippen molar-refractivity contribution < 1.29 is 0 Å². The Hall–Kier alpha value is -0.430. The molecule has 0 aromatic rings. The van der Waals surface area contributed by atoms with Gasteiger partial charge in [0, 0.05) is 10.7 Å². The molecule has 15 heavy (non-hydrogen) atoms. The molecule has 0 unspecified atom stereocenters. The maximum Gasteiger partial charge on any atom is 0.0222 e. The van der Waals surface area contributed by atoms with Gasteiger partial charge in [0.05, 0.1) is 0 Å². The lowest BCUT2D eigenvalue weighted by Gasteiger charge is -2.40. The largest absolute Gasteiger partial charge is 0.157 e. The van der Waals surface area contributed by atoms with Crippen LogP contribution in [0.5, 0.6) is 0 Å². The Balaban J connectivity index is 2.22. The quantitative estimate of drug-likeness (QED) is 0.633. The van der Waals surface area contributed by atoms with Gasteiger partial charge in [0.2, 0.25) is 0 Å². The second-order valence-corrected chi connectivity index (χ2v) is 6.14. The second-order valence-electron chi connectivity index (χ2n) is 4.83. The Morgan fingerprint density at radius 2 is 2.27 bits per heavy atom. The summed E-state index contributed by atoms with van der Waals surface area (Å²) in [5.74, 6) is 1.32. The van der Waals surface area contributed by atoms with E-state index in [4.69, 9.17) is 0 Å². The van der Waals surface area contributed by atoms with Crippen molar-refractivity contribution in [1.82, 2.24) is 0 Å².